The molecular formula is C9H12N2O2. The van der Waals surface area contributed by atoms with E-state index in [9.17, 15) is 4.79 Å². The quantitative estimate of drug-likeness (QED) is 0.707. The van der Waals surface area contributed by atoms with Crippen LogP contribution in [0.5, 0.6) is 0 Å². The fraction of sp³-hybridized carbons (Fsp3) is 0.556. The summed E-state index contributed by atoms with van der Waals surface area (Å²) in [6.07, 6.45) is 3.16. The van der Waals surface area contributed by atoms with Gasteiger partial charge in [-0.2, -0.15) is 0 Å². The molecule has 1 aromatic rings. The Bertz CT molecular complexity index is 355. The highest BCUT2D eigenvalue weighted by Crippen LogP contribution is 2.18. The minimum Gasteiger partial charge on any atom is -0.476 e. The van der Waals surface area contributed by atoms with Gasteiger partial charge in [0.05, 0.1) is 0 Å². The summed E-state index contributed by atoms with van der Waals surface area (Å²) in [6.45, 7) is 2.74. The predicted octanol–water partition coefficient (Wildman–Crippen LogP) is 1.23. The molecule has 0 spiro atoms. The molecule has 0 saturated carbocycles. The van der Waals surface area contributed by atoms with Gasteiger partial charge >= 0.3 is 5.97 Å². The number of carboxylic acids is 1. The summed E-state index contributed by atoms with van der Waals surface area (Å²) in [5.74, 6) is 0.0144. The van der Waals surface area contributed by atoms with Crippen LogP contribution >= 0.6 is 0 Å². The van der Waals surface area contributed by atoms with Crippen molar-refractivity contribution in [1.29, 1.82) is 0 Å². The average molecular weight is 180 g/mol. The zero-order valence-corrected chi connectivity index (χ0v) is 7.58. The summed E-state index contributed by atoms with van der Waals surface area (Å²) in [7, 11) is 0. The van der Waals surface area contributed by atoms with E-state index in [1.54, 1.807) is 0 Å². The monoisotopic (exact) mass is 180 g/mol. The Morgan fingerprint density at radius 2 is 2.31 bits per heavy atom. The van der Waals surface area contributed by atoms with Crippen molar-refractivity contribution in [3.8, 4) is 0 Å². The molecule has 1 aliphatic heterocycles. The second-order valence-corrected chi connectivity index (χ2v) is 3.38. The SMILES string of the molecule is Cc1c(C(=O)O)nc2n1CCCC2. The smallest absolute Gasteiger partial charge is 0.356 e. The van der Waals surface area contributed by atoms with E-state index in [-0.39, 0.29) is 5.69 Å². The number of fused-ring (bicyclic) bond motifs is 1. The molecule has 1 aromatic heterocycles. The molecule has 2 rings (SSSR count). The van der Waals surface area contributed by atoms with Gasteiger partial charge in [0.2, 0.25) is 0 Å². The van der Waals surface area contributed by atoms with E-state index < -0.39 is 5.97 Å². The Balaban J connectivity index is 2.50. The van der Waals surface area contributed by atoms with Crippen LogP contribution in [0.4, 0.5) is 0 Å². The predicted molar refractivity (Wildman–Crippen MR) is 46.9 cm³/mol. The number of hydrogen-bond donors (Lipinski definition) is 1. The summed E-state index contributed by atoms with van der Waals surface area (Å²) in [5, 5.41) is 8.84. The zero-order valence-electron chi connectivity index (χ0n) is 7.58. The minimum atomic E-state index is -0.917. The first-order valence-corrected chi connectivity index (χ1v) is 4.49. The van der Waals surface area contributed by atoms with Gasteiger partial charge in [0, 0.05) is 18.7 Å². The van der Waals surface area contributed by atoms with Gasteiger partial charge in [-0.15, -0.1) is 0 Å². The summed E-state index contributed by atoms with van der Waals surface area (Å²) < 4.78 is 2.02. The Morgan fingerprint density at radius 3 is 2.92 bits per heavy atom. The van der Waals surface area contributed by atoms with Gasteiger partial charge < -0.3 is 9.67 Å². The van der Waals surface area contributed by atoms with Gasteiger partial charge in [0.15, 0.2) is 5.69 Å². The molecule has 0 amide bonds. The van der Waals surface area contributed by atoms with Crippen LogP contribution in [0, 0.1) is 6.92 Å². The van der Waals surface area contributed by atoms with Gasteiger partial charge in [-0.25, -0.2) is 9.78 Å². The molecule has 0 fully saturated rings. The van der Waals surface area contributed by atoms with Gasteiger partial charge in [0.25, 0.3) is 0 Å². The summed E-state index contributed by atoms with van der Waals surface area (Å²) >= 11 is 0. The third-order valence-corrected chi connectivity index (χ3v) is 2.53. The number of aromatic nitrogens is 2. The van der Waals surface area contributed by atoms with Crippen molar-refractivity contribution in [2.75, 3.05) is 0 Å². The van der Waals surface area contributed by atoms with Gasteiger partial charge in [-0.05, 0) is 19.8 Å². The Kier molecular flexibility index (Phi) is 1.83. The molecule has 0 atom stereocenters. The first-order valence-electron chi connectivity index (χ1n) is 4.49. The van der Waals surface area contributed by atoms with E-state index in [1.807, 2.05) is 11.5 Å². The molecule has 0 bridgehead atoms. The highest BCUT2D eigenvalue weighted by atomic mass is 16.4. The molecule has 13 heavy (non-hydrogen) atoms. The van der Waals surface area contributed by atoms with Crippen LogP contribution < -0.4 is 0 Å². The minimum absolute atomic E-state index is 0.219. The number of carboxylic acid groups (broad SMARTS) is 1. The van der Waals surface area contributed by atoms with E-state index in [1.165, 1.54) is 0 Å². The lowest BCUT2D eigenvalue weighted by Gasteiger charge is -2.14. The highest BCUT2D eigenvalue weighted by Gasteiger charge is 2.20. The fourth-order valence-electron chi connectivity index (χ4n) is 1.83. The molecule has 70 valence electrons. The van der Waals surface area contributed by atoms with Gasteiger partial charge in [-0.3, -0.25) is 0 Å². The Hall–Kier alpha value is -1.32. The lowest BCUT2D eigenvalue weighted by atomic mass is 10.2. The molecular weight excluding hydrogens is 168 g/mol. The molecule has 1 N–H and O–H groups in total. The first kappa shape index (κ1) is 8.29. The lowest BCUT2D eigenvalue weighted by molar-refractivity contribution is 0.0690. The van der Waals surface area contributed by atoms with Crippen molar-refractivity contribution < 1.29 is 9.90 Å². The maximum absolute atomic E-state index is 10.8. The van der Waals surface area contributed by atoms with Gasteiger partial charge in [-0.1, -0.05) is 0 Å². The number of aryl methyl sites for hydroxylation is 1. The highest BCUT2D eigenvalue weighted by molar-refractivity contribution is 5.86. The number of aromatic carboxylic acids is 1. The second kappa shape index (κ2) is 2.87. The molecule has 1 aliphatic rings. The van der Waals surface area contributed by atoms with Crippen LogP contribution in [-0.4, -0.2) is 20.6 Å². The molecule has 4 heteroatoms. The van der Waals surface area contributed by atoms with Crippen molar-refractivity contribution in [3.05, 3.63) is 17.2 Å². The van der Waals surface area contributed by atoms with Crippen LogP contribution in [0.2, 0.25) is 0 Å². The maximum atomic E-state index is 10.8. The van der Waals surface area contributed by atoms with E-state index in [0.29, 0.717) is 0 Å². The zero-order chi connectivity index (χ0) is 9.42. The number of nitrogens with zero attached hydrogens (tertiary/aromatic N) is 2. The van der Waals surface area contributed by atoms with Crippen molar-refractivity contribution >= 4 is 5.97 Å². The normalized spacial score (nSPS) is 15.5. The fourth-order valence-corrected chi connectivity index (χ4v) is 1.83. The van der Waals surface area contributed by atoms with E-state index >= 15 is 0 Å². The van der Waals surface area contributed by atoms with Gasteiger partial charge in [0.1, 0.15) is 5.82 Å². The molecule has 0 aromatic carbocycles. The standard InChI is InChI=1S/C9H12N2O2/c1-6-8(9(12)13)10-7-4-2-3-5-11(6)7/h2-5H2,1H3,(H,12,13). The van der Waals surface area contributed by atoms with E-state index in [4.69, 9.17) is 5.11 Å². The van der Waals surface area contributed by atoms with Crippen molar-refractivity contribution in [1.82, 2.24) is 9.55 Å². The summed E-state index contributed by atoms with van der Waals surface area (Å²) in [6, 6.07) is 0. The molecule has 4 nitrogen and oxygen atoms in total. The van der Waals surface area contributed by atoms with Crippen LogP contribution in [-0.2, 0) is 13.0 Å². The summed E-state index contributed by atoms with van der Waals surface area (Å²) in [5.41, 5.74) is 1.01. The molecule has 2 heterocycles. The second-order valence-electron chi connectivity index (χ2n) is 3.38. The molecule has 0 unspecified atom stereocenters. The average Bonchev–Trinajstić information content (AvgIpc) is 2.45. The topological polar surface area (TPSA) is 55.1 Å². The first-order chi connectivity index (χ1) is 6.20. The maximum Gasteiger partial charge on any atom is 0.356 e. The van der Waals surface area contributed by atoms with Crippen molar-refractivity contribution in [3.63, 3.8) is 0 Å². The van der Waals surface area contributed by atoms with Crippen molar-refractivity contribution in [2.24, 2.45) is 0 Å². The summed E-state index contributed by atoms with van der Waals surface area (Å²) in [4.78, 5) is 14.9. The largest absolute Gasteiger partial charge is 0.476 e. The van der Waals surface area contributed by atoms with Crippen LogP contribution in [0.3, 0.4) is 0 Å². The van der Waals surface area contributed by atoms with E-state index in [2.05, 4.69) is 4.98 Å². The third kappa shape index (κ3) is 1.22. The van der Waals surface area contributed by atoms with Crippen molar-refractivity contribution in [2.45, 2.75) is 32.7 Å². The van der Waals surface area contributed by atoms with Crippen LogP contribution in [0.15, 0.2) is 0 Å². The number of carbonyl (C=O) groups is 1. The number of imidazole rings is 1. The molecule has 0 radical (unpaired) electrons. The number of hydrogen-bond acceptors (Lipinski definition) is 2. The Labute approximate surface area is 76.2 Å². The third-order valence-electron chi connectivity index (χ3n) is 2.53. The van der Waals surface area contributed by atoms with Crippen LogP contribution in [0.25, 0.3) is 0 Å². The molecule has 0 saturated heterocycles. The van der Waals surface area contributed by atoms with Crippen LogP contribution in [0.1, 0.15) is 34.8 Å². The van der Waals surface area contributed by atoms with E-state index in [0.717, 1.165) is 37.3 Å². The lowest BCUT2D eigenvalue weighted by Crippen LogP contribution is -2.11. The Morgan fingerprint density at radius 1 is 1.54 bits per heavy atom. The number of rotatable bonds is 1. The molecule has 0 aliphatic carbocycles.